The van der Waals surface area contributed by atoms with Gasteiger partial charge in [0.25, 0.3) is 0 Å². The minimum atomic E-state index is -3.90. The second-order valence-electron chi connectivity index (χ2n) is 6.87. The molecule has 0 aliphatic carbocycles. The Balaban J connectivity index is 2.05. The van der Waals surface area contributed by atoms with Crippen LogP contribution >= 0.6 is 23.2 Å². The molecule has 0 N–H and O–H groups in total. The van der Waals surface area contributed by atoms with E-state index in [1.807, 2.05) is 6.92 Å². The molecule has 0 aliphatic heterocycles. The third-order valence-electron chi connectivity index (χ3n) is 4.82. The smallest absolute Gasteiger partial charge is 0.185 e. The van der Waals surface area contributed by atoms with Crippen LogP contribution in [-0.4, -0.2) is 21.3 Å². The summed E-state index contributed by atoms with van der Waals surface area (Å²) in [7, 11) is -2.36. The van der Waals surface area contributed by atoms with Crippen molar-refractivity contribution in [3.05, 3.63) is 93.5 Å². The van der Waals surface area contributed by atoms with E-state index in [4.69, 9.17) is 27.9 Å². The molecule has 0 spiro atoms. The van der Waals surface area contributed by atoms with Crippen molar-refractivity contribution in [2.24, 2.45) is 0 Å². The maximum atomic E-state index is 13.5. The molecule has 0 fully saturated rings. The number of hydrogen-bond acceptors (Lipinski definition) is 4. The zero-order chi connectivity index (χ0) is 21.9. The number of hydrogen-bond donors (Lipinski definition) is 0. The highest BCUT2D eigenvalue weighted by molar-refractivity contribution is 7.91. The molecule has 0 aliphatic rings. The van der Waals surface area contributed by atoms with Gasteiger partial charge in [0.15, 0.2) is 15.6 Å². The first-order valence-corrected chi connectivity index (χ1v) is 11.5. The molecule has 1 atom stereocenters. The van der Waals surface area contributed by atoms with E-state index >= 15 is 0 Å². The summed E-state index contributed by atoms with van der Waals surface area (Å²) in [6.45, 7) is 1.87. The van der Waals surface area contributed by atoms with E-state index < -0.39 is 15.1 Å². The van der Waals surface area contributed by atoms with Crippen molar-refractivity contribution in [3.63, 3.8) is 0 Å². The van der Waals surface area contributed by atoms with E-state index in [9.17, 15) is 13.2 Å². The zero-order valence-corrected chi connectivity index (χ0v) is 18.8. The van der Waals surface area contributed by atoms with Gasteiger partial charge in [-0.3, -0.25) is 4.79 Å². The number of carbonyl (C=O) groups is 1. The summed E-state index contributed by atoms with van der Waals surface area (Å²) in [6.07, 6.45) is -0.260. The van der Waals surface area contributed by atoms with E-state index in [1.165, 1.54) is 13.2 Å². The van der Waals surface area contributed by atoms with Crippen molar-refractivity contribution in [2.75, 3.05) is 7.11 Å². The van der Waals surface area contributed by atoms with E-state index in [0.29, 0.717) is 21.9 Å². The van der Waals surface area contributed by atoms with Gasteiger partial charge >= 0.3 is 0 Å². The molecule has 0 saturated heterocycles. The third-order valence-corrected chi connectivity index (χ3v) is 7.48. The van der Waals surface area contributed by atoms with Gasteiger partial charge in [-0.1, -0.05) is 47.0 Å². The maximum absolute atomic E-state index is 13.5. The Morgan fingerprint density at radius 3 is 2.17 bits per heavy atom. The molecule has 0 saturated carbocycles. The van der Waals surface area contributed by atoms with Crippen molar-refractivity contribution in [2.45, 2.75) is 23.5 Å². The summed E-state index contributed by atoms with van der Waals surface area (Å²) in [6, 6.07) is 17.7. The summed E-state index contributed by atoms with van der Waals surface area (Å²) < 4.78 is 32.1. The lowest BCUT2D eigenvalue weighted by Gasteiger charge is -2.19. The number of aryl methyl sites for hydroxylation is 1. The first-order chi connectivity index (χ1) is 14.2. The van der Waals surface area contributed by atoms with Crippen LogP contribution in [0.1, 0.15) is 33.2 Å². The Bertz CT molecular complexity index is 1150. The van der Waals surface area contributed by atoms with E-state index in [-0.39, 0.29) is 22.1 Å². The largest absolute Gasteiger partial charge is 0.497 e. The normalized spacial score (nSPS) is 12.4. The van der Waals surface area contributed by atoms with Crippen LogP contribution in [0.4, 0.5) is 0 Å². The topological polar surface area (TPSA) is 60.4 Å². The highest BCUT2D eigenvalue weighted by atomic mass is 35.5. The first-order valence-electron chi connectivity index (χ1n) is 9.15. The van der Waals surface area contributed by atoms with Gasteiger partial charge in [0.1, 0.15) is 5.75 Å². The maximum Gasteiger partial charge on any atom is 0.185 e. The molecular weight excluding hydrogens is 443 g/mol. The number of carbonyl (C=O) groups excluding carboxylic acids is 1. The van der Waals surface area contributed by atoms with Crippen LogP contribution in [0, 0.1) is 6.92 Å². The van der Waals surface area contributed by atoms with Gasteiger partial charge in [0.2, 0.25) is 0 Å². The fourth-order valence-electron chi connectivity index (χ4n) is 3.10. The van der Waals surface area contributed by atoms with Gasteiger partial charge in [0, 0.05) is 22.0 Å². The number of rotatable bonds is 7. The van der Waals surface area contributed by atoms with Gasteiger partial charge in [-0.05, 0) is 61.0 Å². The molecule has 0 heterocycles. The Morgan fingerprint density at radius 1 is 0.967 bits per heavy atom. The second kappa shape index (κ2) is 9.21. The van der Waals surface area contributed by atoms with Crippen molar-refractivity contribution < 1.29 is 17.9 Å². The van der Waals surface area contributed by atoms with Crippen molar-refractivity contribution in [1.29, 1.82) is 0 Å². The SMILES string of the molecule is COc1ccc(C(=O)CC(c2ccc(Cl)cc2Cl)S(=O)(=O)c2ccc(C)cc2)cc1. The number of methoxy groups -OCH3 is 1. The van der Waals surface area contributed by atoms with E-state index in [0.717, 1.165) is 5.56 Å². The minimum absolute atomic E-state index is 0.131. The van der Waals surface area contributed by atoms with Gasteiger partial charge < -0.3 is 4.74 Å². The Labute approximate surface area is 186 Å². The fourth-order valence-corrected chi connectivity index (χ4v) is 5.46. The summed E-state index contributed by atoms with van der Waals surface area (Å²) in [4.78, 5) is 13.1. The molecule has 7 heteroatoms. The van der Waals surface area contributed by atoms with Crippen LogP contribution in [0.25, 0.3) is 0 Å². The molecule has 3 aromatic rings. The molecule has 156 valence electrons. The lowest BCUT2D eigenvalue weighted by Crippen LogP contribution is -2.18. The van der Waals surface area contributed by atoms with Crippen LogP contribution in [0.15, 0.2) is 71.6 Å². The monoisotopic (exact) mass is 462 g/mol. The summed E-state index contributed by atoms with van der Waals surface area (Å²) >= 11 is 12.3. The number of sulfone groups is 1. The van der Waals surface area contributed by atoms with Crippen LogP contribution in [-0.2, 0) is 9.84 Å². The average Bonchev–Trinajstić information content (AvgIpc) is 2.72. The fraction of sp³-hybridized carbons (Fsp3) is 0.174. The number of Topliss-reactive ketones (excluding diaryl/α,β-unsaturated/α-hetero) is 1. The zero-order valence-electron chi connectivity index (χ0n) is 16.4. The number of halogens is 2. The predicted molar refractivity (Wildman–Crippen MR) is 120 cm³/mol. The molecule has 3 aromatic carbocycles. The molecule has 4 nitrogen and oxygen atoms in total. The molecule has 0 bridgehead atoms. The van der Waals surface area contributed by atoms with E-state index in [1.54, 1.807) is 60.7 Å². The standard InChI is InChI=1S/C23H20Cl2O4S/c1-15-3-10-19(11-4-15)30(27,28)23(20-12-7-17(24)13-21(20)25)14-22(26)16-5-8-18(29-2)9-6-16/h3-13,23H,14H2,1-2H3. The van der Waals surface area contributed by atoms with Gasteiger partial charge in [-0.25, -0.2) is 8.42 Å². The number of benzene rings is 3. The van der Waals surface area contributed by atoms with Crippen molar-refractivity contribution in [1.82, 2.24) is 0 Å². The number of ketones is 1. The first kappa shape index (κ1) is 22.3. The van der Waals surface area contributed by atoms with Crippen LogP contribution in [0.5, 0.6) is 5.75 Å². The summed E-state index contributed by atoms with van der Waals surface area (Å²) in [5.74, 6) is 0.292. The molecule has 0 amide bonds. The quantitative estimate of drug-likeness (QED) is 0.398. The molecule has 0 aromatic heterocycles. The lowest BCUT2D eigenvalue weighted by atomic mass is 10.0. The Kier molecular flexibility index (Phi) is 6.86. The van der Waals surface area contributed by atoms with Crippen LogP contribution in [0.2, 0.25) is 10.0 Å². The third kappa shape index (κ3) is 4.86. The van der Waals surface area contributed by atoms with Crippen LogP contribution < -0.4 is 4.74 Å². The van der Waals surface area contributed by atoms with Gasteiger partial charge in [-0.2, -0.15) is 0 Å². The second-order valence-corrected chi connectivity index (χ2v) is 9.84. The van der Waals surface area contributed by atoms with Crippen molar-refractivity contribution in [3.8, 4) is 5.75 Å². The van der Waals surface area contributed by atoms with Gasteiger partial charge in [-0.15, -0.1) is 0 Å². The Morgan fingerprint density at radius 2 is 1.60 bits per heavy atom. The van der Waals surface area contributed by atoms with Crippen molar-refractivity contribution >= 4 is 38.8 Å². The predicted octanol–water partition coefficient (Wildman–Crippen LogP) is 6.10. The molecule has 30 heavy (non-hydrogen) atoms. The molecule has 3 rings (SSSR count). The minimum Gasteiger partial charge on any atom is -0.497 e. The average molecular weight is 463 g/mol. The lowest BCUT2D eigenvalue weighted by molar-refractivity contribution is 0.0980. The molecule has 1 unspecified atom stereocenters. The highest BCUT2D eigenvalue weighted by Gasteiger charge is 2.33. The summed E-state index contributed by atoms with van der Waals surface area (Å²) in [5.41, 5.74) is 1.66. The highest BCUT2D eigenvalue weighted by Crippen LogP contribution is 2.37. The van der Waals surface area contributed by atoms with Crippen LogP contribution in [0.3, 0.4) is 0 Å². The molecular formula is C23H20Cl2O4S. The van der Waals surface area contributed by atoms with E-state index in [2.05, 4.69) is 0 Å². The summed E-state index contributed by atoms with van der Waals surface area (Å²) in [5, 5.41) is -0.568. The van der Waals surface area contributed by atoms with Gasteiger partial charge in [0.05, 0.1) is 17.3 Å². The Hall–Kier alpha value is -2.34. The number of ether oxygens (including phenoxy) is 1. The molecule has 0 radical (unpaired) electrons.